The lowest BCUT2D eigenvalue weighted by Gasteiger charge is -2.23. The number of pyridine rings is 1. The summed E-state index contributed by atoms with van der Waals surface area (Å²) in [6.07, 6.45) is 6.24. The van der Waals surface area contributed by atoms with Crippen LogP contribution in [0.4, 0.5) is 11.5 Å². The smallest absolute Gasteiger partial charge is 0.175 e. The van der Waals surface area contributed by atoms with Crippen molar-refractivity contribution >= 4 is 28.4 Å². The third-order valence-corrected chi connectivity index (χ3v) is 4.73. The van der Waals surface area contributed by atoms with Gasteiger partial charge in [-0.1, -0.05) is 6.07 Å². The van der Waals surface area contributed by atoms with Crippen molar-refractivity contribution in [3.05, 3.63) is 48.1 Å². The molecule has 0 atom stereocenters. The van der Waals surface area contributed by atoms with E-state index in [1.165, 1.54) is 0 Å². The van der Waals surface area contributed by atoms with Gasteiger partial charge in [-0.2, -0.15) is 0 Å². The van der Waals surface area contributed by atoms with E-state index < -0.39 is 0 Å². The second-order valence-electron chi connectivity index (χ2n) is 8.17. The molecule has 0 aromatic carbocycles. The van der Waals surface area contributed by atoms with Crippen molar-refractivity contribution in [3.8, 4) is 0 Å². The molecular weight excluding hydrogens is 368 g/mol. The number of aromatic nitrogens is 2. The number of aliphatic hydroxyl groups excluding tert-OH is 1. The van der Waals surface area contributed by atoms with Gasteiger partial charge in [0.1, 0.15) is 35.2 Å². The highest BCUT2D eigenvalue weighted by Gasteiger charge is 2.22. The zero-order valence-electron chi connectivity index (χ0n) is 17.1. The van der Waals surface area contributed by atoms with E-state index in [1.807, 2.05) is 24.4 Å². The molecular formula is C21H27N6O2+. The molecule has 8 nitrogen and oxygen atoms in total. The van der Waals surface area contributed by atoms with E-state index in [0.29, 0.717) is 41.8 Å². The number of allylic oxidation sites excluding steroid dienone is 2. The summed E-state index contributed by atoms with van der Waals surface area (Å²) in [7, 11) is 6.54. The Labute approximate surface area is 170 Å². The summed E-state index contributed by atoms with van der Waals surface area (Å²) < 4.78 is 8.37. The number of hydrogen-bond donors (Lipinski definition) is 2. The fourth-order valence-electron chi connectivity index (χ4n) is 3.29. The summed E-state index contributed by atoms with van der Waals surface area (Å²) in [5.74, 6) is 1.41. The van der Waals surface area contributed by atoms with Gasteiger partial charge in [-0.15, -0.1) is 5.10 Å². The Balaban J connectivity index is 1.66. The number of nitrogens with one attached hydrogen (secondary N) is 1. The normalized spacial score (nSPS) is 18.0. The number of anilines is 1. The molecule has 4 rings (SSSR count). The summed E-state index contributed by atoms with van der Waals surface area (Å²) in [5, 5.41) is 18.5. The van der Waals surface area contributed by atoms with Crippen molar-refractivity contribution in [1.29, 1.82) is 0 Å². The minimum atomic E-state index is 0.0734. The molecule has 0 saturated carbocycles. The first-order chi connectivity index (χ1) is 13.9. The Hall–Kier alpha value is -3.13. The number of hydrogen-bond acceptors (Lipinski definition) is 6. The number of rotatable bonds is 6. The van der Waals surface area contributed by atoms with Gasteiger partial charge in [-0.25, -0.2) is 9.51 Å². The highest BCUT2D eigenvalue weighted by molar-refractivity contribution is 6.22. The quantitative estimate of drug-likeness (QED) is 0.448. The van der Waals surface area contributed by atoms with Crippen LogP contribution in [-0.2, 0) is 4.74 Å². The molecule has 2 aromatic heterocycles. The second kappa shape index (κ2) is 7.71. The lowest BCUT2D eigenvalue weighted by Crippen LogP contribution is -2.36. The van der Waals surface area contributed by atoms with Crippen LogP contribution in [0.3, 0.4) is 0 Å². The number of aliphatic hydroxyl groups is 1. The molecule has 2 aliphatic rings. The van der Waals surface area contributed by atoms with Crippen LogP contribution in [0.1, 0.15) is 6.42 Å². The fourth-order valence-corrected chi connectivity index (χ4v) is 3.29. The molecule has 0 radical (unpaired) electrons. The Morgan fingerprint density at radius 3 is 2.97 bits per heavy atom. The van der Waals surface area contributed by atoms with Gasteiger partial charge in [-0.05, 0) is 12.1 Å². The average molecular weight is 395 g/mol. The Morgan fingerprint density at radius 1 is 1.28 bits per heavy atom. The highest BCUT2D eigenvalue weighted by Crippen LogP contribution is 2.31. The first-order valence-electron chi connectivity index (χ1n) is 9.81. The summed E-state index contributed by atoms with van der Waals surface area (Å²) in [6, 6.07) is 5.84. The van der Waals surface area contributed by atoms with Crippen LogP contribution in [0, 0.1) is 0 Å². The predicted molar refractivity (Wildman–Crippen MR) is 115 cm³/mol. The van der Waals surface area contributed by atoms with Gasteiger partial charge in [0.25, 0.3) is 0 Å². The summed E-state index contributed by atoms with van der Waals surface area (Å²) in [4.78, 5) is 9.12. The van der Waals surface area contributed by atoms with Crippen LogP contribution < -0.4 is 5.32 Å². The Morgan fingerprint density at radius 2 is 2.14 bits per heavy atom. The lowest BCUT2D eigenvalue weighted by molar-refractivity contribution is -0.870. The number of nitrogens with zero attached hydrogens (tertiary/aromatic N) is 5. The van der Waals surface area contributed by atoms with Gasteiger partial charge in [0.15, 0.2) is 5.82 Å². The largest absolute Gasteiger partial charge is 0.506 e. The van der Waals surface area contributed by atoms with Crippen LogP contribution in [0.15, 0.2) is 58.1 Å². The van der Waals surface area contributed by atoms with Crippen LogP contribution in [0.25, 0.3) is 5.52 Å². The number of quaternary nitrogens is 1. The Bertz CT molecular complexity index is 1040. The lowest BCUT2D eigenvalue weighted by atomic mass is 10.1. The van der Waals surface area contributed by atoms with E-state index in [9.17, 15) is 5.11 Å². The third kappa shape index (κ3) is 4.32. The van der Waals surface area contributed by atoms with E-state index in [-0.39, 0.29) is 5.76 Å². The Kier molecular flexibility index (Phi) is 5.10. The van der Waals surface area contributed by atoms with Crippen LogP contribution in [0.2, 0.25) is 0 Å². The molecule has 0 spiro atoms. The van der Waals surface area contributed by atoms with E-state index in [2.05, 4.69) is 36.6 Å². The molecule has 8 heteroatoms. The van der Waals surface area contributed by atoms with E-state index >= 15 is 0 Å². The maximum absolute atomic E-state index is 10.5. The van der Waals surface area contributed by atoms with Crippen molar-refractivity contribution in [2.75, 3.05) is 52.7 Å². The molecule has 2 aromatic rings. The zero-order valence-corrected chi connectivity index (χ0v) is 17.1. The number of fused-ring (bicyclic) bond motifs is 2. The predicted octanol–water partition coefficient (Wildman–Crippen LogP) is 2.73. The molecule has 152 valence electrons. The molecule has 0 fully saturated rings. The number of aliphatic imine (C=N–C) groups is 2. The van der Waals surface area contributed by atoms with Crippen molar-refractivity contribution in [1.82, 2.24) is 9.61 Å². The standard InChI is InChI=1S/C21H26N6O2/c1-27(2,3)11-6-8-23-21-20(17-7-4-5-10-26(17)25-21)24-15-14-19-16(13-18(15)28)22-9-12-29-19/h4-5,7,10,13-14H,6,8-9,11-12H2,1-3H3,(H-,22,23,25,28)/p+1/b24-15+. The van der Waals surface area contributed by atoms with Gasteiger partial charge in [-0.3, -0.25) is 4.99 Å². The van der Waals surface area contributed by atoms with Crippen molar-refractivity contribution in [2.45, 2.75) is 6.42 Å². The van der Waals surface area contributed by atoms with Gasteiger partial charge in [0.2, 0.25) is 0 Å². The third-order valence-electron chi connectivity index (χ3n) is 4.73. The summed E-state index contributed by atoms with van der Waals surface area (Å²) in [6.45, 7) is 2.98. The van der Waals surface area contributed by atoms with Gasteiger partial charge in [0.05, 0.1) is 39.7 Å². The molecule has 0 saturated heterocycles. The SMILES string of the molecule is C[N+](C)(C)CCCNc1nn2ccccc2c1/N=C1\C=C2OCCN=C2C=C1O. The van der Waals surface area contributed by atoms with E-state index in [4.69, 9.17) is 9.73 Å². The van der Waals surface area contributed by atoms with Gasteiger partial charge in [0, 0.05) is 31.3 Å². The summed E-state index contributed by atoms with van der Waals surface area (Å²) in [5.41, 5.74) is 2.66. The molecule has 1 aliphatic heterocycles. The van der Waals surface area contributed by atoms with E-state index in [1.54, 1.807) is 16.7 Å². The minimum Gasteiger partial charge on any atom is -0.506 e. The molecule has 3 heterocycles. The molecule has 0 amide bonds. The number of ether oxygens (including phenoxy) is 1. The maximum atomic E-state index is 10.5. The average Bonchev–Trinajstić information content (AvgIpc) is 3.03. The molecule has 2 N–H and O–H groups in total. The minimum absolute atomic E-state index is 0.0734. The first-order valence-corrected chi connectivity index (χ1v) is 9.81. The monoisotopic (exact) mass is 395 g/mol. The van der Waals surface area contributed by atoms with Crippen molar-refractivity contribution in [2.24, 2.45) is 9.98 Å². The fraction of sp³-hybridized carbons (Fsp3) is 0.381. The van der Waals surface area contributed by atoms with Crippen LogP contribution in [-0.4, -0.2) is 78.0 Å². The molecule has 0 unspecified atom stereocenters. The summed E-state index contributed by atoms with van der Waals surface area (Å²) >= 11 is 0. The van der Waals surface area contributed by atoms with Gasteiger partial charge < -0.3 is 19.6 Å². The topological polar surface area (TPSA) is 83.5 Å². The van der Waals surface area contributed by atoms with Crippen molar-refractivity contribution < 1.29 is 14.3 Å². The van der Waals surface area contributed by atoms with Gasteiger partial charge >= 0.3 is 0 Å². The van der Waals surface area contributed by atoms with E-state index in [0.717, 1.165) is 29.5 Å². The molecule has 1 aliphatic carbocycles. The second-order valence-corrected chi connectivity index (χ2v) is 8.17. The zero-order chi connectivity index (χ0) is 20.4. The van der Waals surface area contributed by atoms with Crippen LogP contribution in [0.5, 0.6) is 0 Å². The van der Waals surface area contributed by atoms with Crippen molar-refractivity contribution in [3.63, 3.8) is 0 Å². The first kappa shape index (κ1) is 19.2. The molecule has 0 bridgehead atoms. The van der Waals surface area contributed by atoms with Crippen LogP contribution >= 0.6 is 0 Å². The maximum Gasteiger partial charge on any atom is 0.175 e. The molecule has 29 heavy (non-hydrogen) atoms. The highest BCUT2D eigenvalue weighted by atomic mass is 16.5.